The van der Waals surface area contributed by atoms with Gasteiger partial charge in [-0.1, -0.05) is 23.8 Å². The first-order valence-corrected chi connectivity index (χ1v) is 6.28. The van der Waals surface area contributed by atoms with Crippen LogP contribution in [0.4, 0.5) is 0 Å². The summed E-state index contributed by atoms with van der Waals surface area (Å²) in [5.41, 5.74) is 7.91. The molecule has 0 saturated heterocycles. The summed E-state index contributed by atoms with van der Waals surface area (Å²) in [6, 6.07) is 8.41. The molecule has 0 unspecified atom stereocenters. The van der Waals surface area contributed by atoms with Crippen LogP contribution in [0.25, 0.3) is 11.1 Å². The summed E-state index contributed by atoms with van der Waals surface area (Å²) in [5.74, 6) is 0.399. The zero-order valence-corrected chi connectivity index (χ0v) is 11.8. The third-order valence-electron chi connectivity index (χ3n) is 3.39. The van der Waals surface area contributed by atoms with Crippen molar-refractivity contribution in [3.8, 4) is 16.9 Å². The van der Waals surface area contributed by atoms with E-state index >= 15 is 0 Å². The first kappa shape index (κ1) is 12.7. The molecule has 0 saturated carbocycles. The lowest BCUT2D eigenvalue weighted by Gasteiger charge is -2.15. The molecule has 0 aliphatic heterocycles. The SMILES string of the molecule is Cc1cc(C)c(-c2cc(C)cc(C)c2O)c(C)c1. The molecule has 1 nitrogen and oxygen atoms in total. The van der Waals surface area contributed by atoms with Crippen LogP contribution in [-0.4, -0.2) is 5.11 Å². The van der Waals surface area contributed by atoms with Crippen molar-refractivity contribution >= 4 is 0 Å². The van der Waals surface area contributed by atoms with Gasteiger partial charge in [-0.15, -0.1) is 0 Å². The van der Waals surface area contributed by atoms with Crippen LogP contribution in [0.15, 0.2) is 24.3 Å². The molecule has 0 bridgehead atoms. The van der Waals surface area contributed by atoms with E-state index in [9.17, 15) is 5.11 Å². The van der Waals surface area contributed by atoms with Gasteiger partial charge in [-0.05, 0) is 68.5 Å². The minimum Gasteiger partial charge on any atom is -0.507 e. The van der Waals surface area contributed by atoms with Crippen LogP contribution in [-0.2, 0) is 0 Å². The van der Waals surface area contributed by atoms with Crippen molar-refractivity contribution < 1.29 is 5.11 Å². The molecule has 0 radical (unpaired) electrons. The van der Waals surface area contributed by atoms with E-state index in [1.165, 1.54) is 22.3 Å². The van der Waals surface area contributed by atoms with E-state index in [4.69, 9.17) is 0 Å². The Morgan fingerprint density at radius 1 is 0.667 bits per heavy atom. The van der Waals surface area contributed by atoms with Crippen LogP contribution >= 0.6 is 0 Å². The van der Waals surface area contributed by atoms with E-state index in [-0.39, 0.29) is 0 Å². The standard InChI is InChI=1S/C17H20O/c1-10-6-12(3)16(13(4)7-10)15-9-11(2)8-14(5)17(15)18/h6-9,18H,1-5H3. The van der Waals surface area contributed by atoms with Gasteiger partial charge in [-0.25, -0.2) is 0 Å². The summed E-state index contributed by atoms with van der Waals surface area (Å²) >= 11 is 0. The highest BCUT2D eigenvalue weighted by Crippen LogP contribution is 2.37. The second kappa shape index (κ2) is 4.49. The second-order valence-corrected chi connectivity index (χ2v) is 5.25. The molecule has 0 aliphatic rings. The first-order chi connectivity index (χ1) is 8.40. The van der Waals surface area contributed by atoms with Gasteiger partial charge in [0.05, 0.1) is 0 Å². The Kier molecular flexibility index (Phi) is 3.16. The smallest absolute Gasteiger partial charge is 0.126 e. The molecule has 0 aliphatic carbocycles. The van der Waals surface area contributed by atoms with Crippen LogP contribution in [0.3, 0.4) is 0 Å². The van der Waals surface area contributed by atoms with Crippen LogP contribution in [0.1, 0.15) is 27.8 Å². The molecule has 0 spiro atoms. The summed E-state index contributed by atoms with van der Waals surface area (Å²) in [6.07, 6.45) is 0. The van der Waals surface area contributed by atoms with Gasteiger partial charge in [-0.2, -0.15) is 0 Å². The molecule has 2 rings (SSSR count). The molecule has 18 heavy (non-hydrogen) atoms. The largest absolute Gasteiger partial charge is 0.507 e. The minimum atomic E-state index is 0.399. The summed E-state index contributed by atoms with van der Waals surface area (Å²) in [6.45, 7) is 10.3. The summed E-state index contributed by atoms with van der Waals surface area (Å²) < 4.78 is 0. The molecule has 1 heteroatoms. The fourth-order valence-electron chi connectivity index (χ4n) is 2.76. The van der Waals surface area contributed by atoms with Crippen molar-refractivity contribution in [2.24, 2.45) is 0 Å². The number of phenols is 1. The number of hydrogen-bond donors (Lipinski definition) is 1. The Hall–Kier alpha value is -1.76. The molecule has 2 aromatic rings. The van der Waals surface area contributed by atoms with E-state index in [1.54, 1.807) is 0 Å². The van der Waals surface area contributed by atoms with Gasteiger partial charge in [0.2, 0.25) is 0 Å². The third-order valence-corrected chi connectivity index (χ3v) is 3.39. The third kappa shape index (κ3) is 2.13. The van der Waals surface area contributed by atoms with Crippen molar-refractivity contribution in [2.45, 2.75) is 34.6 Å². The summed E-state index contributed by atoms with van der Waals surface area (Å²) in [7, 11) is 0. The minimum absolute atomic E-state index is 0.399. The number of rotatable bonds is 1. The van der Waals surface area contributed by atoms with Gasteiger partial charge in [0.25, 0.3) is 0 Å². The summed E-state index contributed by atoms with van der Waals surface area (Å²) in [5, 5.41) is 10.3. The number of benzene rings is 2. The van der Waals surface area contributed by atoms with Crippen molar-refractivity contribution in [3.05, 3.63) is 52.1 Å². The molecule has 0 fully saturated rings. The molecular formula is C17H20O. The zero-order chi connectivity index (χ0) is 13.4. The van der Waals surface area contributed by atoms with Gasteiger partial charge in [0, 0.05) is 5.56 Å². The predicted octanol–water partition coefficient (Wildman–Crippen LogP) is 4.60. The maximum absolute atomic E-state index is 10.3. The Morgan fingerprint density at radius 3 is 1.67 bits per heavy atom. The lowest BCUT2D eigenvalue weighted by molar-refractivity contribution is 0.473. The molecule has 1 N–H and O–H groups in total. The van der Waals surface area contributed by atoms with Gasteiger partial charge >= 0.3 is 0 Å². The maximum atomic E-state index is 10.3. The molecular weight excluding hydrogens is 220 g/mol. The summed E-state index contributed by atoms with van der Waals surface area (Å²) in [4.78, 5) is 0. The van der Waals surface area contributed by atoms with E-state index < -0.39 is 0 Å². The van der Waals surface area contributed by atoms with Crippen molar-refractivity contribution in [1.82, 2.24) is 0 Å². The number of phenolic OH excluding ortho intramolecular Hbond substituents is 1. The van der Waals surface area contributed by atoms with Crippen LogP contribution in [0, 0.1) is 34.6 Å². The van der Waals surface area contributed by atoms with E-state index in [1.807, 2.05) is 13.0 Å². The number of aromatic hydroxyl groups is 1. The highest BCUT2D eigenvalue weighted by atomic mass is 16.3. The zero-order valence-electron chi connectivity index (χ0n) is 11.8. The fraction of sp³-hybridized carbons (Fsp3) is 0.294. The van der Waals surface area contributed by atoms with E-state index in [0.717, 1.165) is 16.7 Å². The lowest BCUT2D eigenvalue weighted by Crippen LogP contribution is -1.92. The van der Waals surface area contributed by atoms with Gasteiger partial charge in [-0.3, -0.25) is 0 Å². The first-order valence-electron chi connectivity index (χ1n) is 6.28. The normalized spacial score (nSPS) is 10.7. The number of hydrogen-bond acceptors (Lipinski definition) is 1. The maximum Gasteiger partial charge on any atom is 0.126 e. The van der Waals surface area contributed by atoms with Crippen LogP contribution in [0.5, 0.6) is 5.75 Å². The van der Waals surface area contributed by atoms with Crippen molar-refractivity contribution in [2.75, 3.05) is 0 Å². The van der Waals surface area contributed by atoms with Crippen molar-refractivity contribution in [3.63, 3.8) is 0 Å². The Labute approximate surface area is 109 Å². The average Bonchev–Trinajstić information content (AvgIpc) is 2.23. The lowest BCUT2D eigenvalue weighted by atomic mass is 9.91. The molecule has 94 valence electrons. The second-order valence-electron chi connectivity index (χ2n) is 5.25. The average molecular weight is 240 g/mol. The molecule has 0 aromatic heterocycles. The predicted molar refractivity (Wildman–Crippen MR) is 77.2 cm³/mol. The monoisotopic (exact) mass is 240 g/mol. The topological polar surface area (TPSA) is 20.2 Å². The fourth-order valence-corrected chi connectivity index (χ4v) is 2.76. The Morgan fingerprint density at radius 2 is 1.11 bits per heavy atom. The Bertz CT molecular complexity index is 586. The van der Waals surface area contributed by atoms with Gasteiger partial charge < -0.3 is 5.11 Å². The van der Waals surface area contributed by atoms with Crippen LogP contribution < -0.4 is 0 Å². The van der Waals surface area contributed by atoms with Crippen molar-refractivity contribution in [1.29, 1.82) is 0 Å². The molecule has 0 amide bonds. The number of aryl methyl sites for hydroxylation is 5. The Balaban J connectivity index is 2.77. The van der Waals surface area contributed by atoms with Gasteiger partial charge in [0.1, 0.15) is 5.75 Å². The molecule has 0 atom stereocenters. The molecule has 2 aromatic carbocycles. The van der Waals surface area contributed by atoms with E-state index in [0.29, 0.717) is 5.75 Å². The quantitative estimate of drug-likeness (QED) is 0.772. The highest BCUT2D eigenvalue weighted by Gasteiger charge is 2.12. The van der Waals surface area contributed by atoms with Crippen LogP contribution in [0.2, 0.25) is 0 Å². The van der Waals surface area contributed by atoms with E-state index in [2.05, 4.69) is 45.9 Å². The molecule has 0 heterocycles. The van der Waals surface area contributed by atoms with Gasteiger partial charge in [0.15, 0.2) is 0 Å². The highest BCUT2D eigenvalue weighted by molar-refractivity contribution is 5.78.